The Morgan fingerprint density at radius 3 is 1.94 bits per heavy atom. The fourth-order valence-electron chi connectivity index (χ4n) is 4.52. The number of fused-ring (bicyclic) bond motifs is 1. The number of hydrogen-bond donors (Lipinski definition) is 0. The van der Waals surface area contributed by atoms with Gasteiger partial charge < -0.3 is 18.9 Å². The molecule has 0 aliphatic heterocycles. The summed E-state index contributed by atoms with van der Waals surface area (Å²) in [6.45, 7) is 0. The van der Waals surface area contributed by atoms with Crippen molar-refractivity contribution in [3.05, 3.63) is 81.9 Å². The van der Waals surface area contributed by atoms with Gasteiger partial charge >= 0.3 is 0 Å². The van der Waals surface area contributed by atoms with Crippen LogP contribution >= 0.6 is 11.6 Å². The van der Waals surface area contributed by atoms with Crippen molar-refractivity contribution in [1.82, 2.24) is 0 Å². The zero-order valence-corrected chi connectivity index (χ0v) is 19.9. The lowest BCUT2D eigenvalue weighted by atomic mass is 9.70. The lowest BCUT2D eigenvalue weighted by Crippen LogP contribution is -2.26. The van der Waals surface area contributed by atoms with Crippen molar-refractivity contribution < 1.29 is 18.9 Å². The second-order valence-electron chi connectivity index (χ2n) is 7.53. The number of allylic oxidation sites excluding steroid dienone is 2. The molecule has 1 aliphatic carbocycles. The van der Waals surface area contributed by atoms with Gasteiger partial charge in [-0.2, -0.15) is 10.5 Å². The molecule has 6 nitrogen and oxygen atoms in total. The van der Waals surface area contributed by atoms with Crippen molar-refractivity contribution in [3.63, 3.8) is 0 Å². The summed E-state index contributed by atoms with van der Waals surface area (Å²) in [5.41, 5.74) is 1.79. The van der Waals surface area contributed by atoms with E-state index in [9.17, 15) is 10.5 Å². The van der Waals surface area contributed by atoms with Gasteiger partial charge in [0.15, 0.2) is 23.0 Å². The maximum Gasteiger partial charge on any atom is 0.161 e. The van der Waals surface area contributed by atoms with Gasteiger partial charge in [0.2, 0.25) is 0 Å². The predicted molar refractivity (Wildman–Crippen MR) is 129 cm³/mol. The van der Waals surface area contributed by atoms with Crippen LogP contribution in [0.3, 0.4) is 0 Å². The lowest BCUT2D eigenvalue weighted by molar-refractivity contribution is 0.353. The minimum absolute atomic E-state index is 0.334. The highest BCUT2D eigenvalue weighted by Gasteiger charge is 2.49. The molecule has 34 heavy (non-hydrogen) atoms. The van der Waals surface area contributed by atoms with Gasteiger partial charge in [0.1, 0.15) is 11.5 Å². The van der Waals surface area contributed by atoms with Crippen LogP contribution in [0.15, 0.2) is 54.6 Å². The topological polar surface area (TPSA) is 84.5 Å². The van der Waals surface area contributed by atoms with Crippen LogP contribution in [-0.2, 0) is 5.41 Å². The van der Waals surface area contributed by atoms with E-state index in [0.29, 0.717) is 61.4 Å². The fourth-order valence-corrected chi connectivity index (χ4v) is 4.75. The maximum atomic E-state index is 10.9. The molecule has 3 aromatic rings. The van der Waals surface area contributed by atoms with Gasteiger partial charge in [0.05, 0.1) is 40.1 Å². The Labute approximate surface area is 203 Å². The molecule has 1 aliphatic rings. The molecule has 4 rings (SSSR count). The van der Waals surface area contributed by atoms with Gasteiger partial charge in [-0.15, -0.1) is 0 Å². The SMILES string of the molecule is COc1ccc(C2(C#N)C(c3ccccc3Cl)=C(C#N)c3cc(OC)c(OC)cc32)cc1OC. The van der Waals surface area contributed by atoms with E-state index in [1.807, 2.05) is 12.1 Å². The second kappa shape index (κ2) is 9.02. The van der Waals surface area contributed by atoms with E-state index >= 15 is 0 Å². The van der Waals surface area contributed by atoms with E-state index in [0.717, 1.165) is 0 Å². The number of methoxy groups -OCH3 is 4. The Morgan fingerprint density at radius 1 is 0.735 bits per heavy atom. The fraction of sp³-hybridized carbons (Fsp3) is 0.185. The van der Waals surface area contributed by atoms with Crippen molar-refractivity contribution in [2.24, 2.45) is 0 Å². The molecule has 3 aromatic carbocycles. The normalized spacial score (nSPS) is 16.3. The highest BCUT2D eigenvalue weighted by atomic mass is 35.5. The Bertz CT molecular complexity index is 1400. The van der Waals surface area contributed by atoms with Crippen molar-refractivity contribution >= 4 is 22.7 Å². The van der Waals surface area contributed by atoms with Gasteiger partial charge in [0.25, 0.3) is 0 Å². The van der Waals surface area contributed by atoms with Gasteiger partial charge in [-0.3, -0.25) is 0 Å². The summed E-state index contributed by atoms with van der Waals surface area (Å²) in [6.07, 6.45) is 0. The number of halogens is 1. The highest BCUT2D eigenvalue weighted by molar-refractivity contribution is 6.33. The van der Waals surface area contributed by atoms with E-state index in [4.69, 9.17) is 30.5 Å². The van der Waals surface area contributed by atoms with Crippen molar-refractivity contribution in [1.29, 1.82) is 10.5 Å². The molecule has 0 fully saturated rings. The van der Waals surface area contributed by atoms with Gasteiger partial charge in [-0.1, -0.05) is 35.9 Å². The summed E-state index contributed by atoms with van der Waals surface area (Å²) >= 11 is 6.62. The highest BCUT2D eigenvalue weighted by Crippen LogP contribution is 2.57. The van der Waals surface area contributed by atoms with E-state index in [1.165, 1.54) is 21.3 Å². The lowest BCUT2D eigenvalue weighted by Gasteiger charge is -2.29. The van der Waals surface area contributed by atoms with E-state index in [2.05, 4.69) is 12.1 Å². The Balaban J connectivity index is 2.19. The number of ether oxygens (including phenoxy) is 4. The smallest absolute Gasteiger partial charge is 0.161 e. The quantitative estimate of drug-likeness (QED) is 0.462. The Morgan fingerprint density at radius 2 is 1.35 bits per heavy atom. The van der Waals surface area contributed by atoms with E-state index in [-0.39, 0.29) is 0 Å². The molecule has 0 saturated heterocycles. The van der Waals surface area contributed by atoms with Crippen LogP contribution in [0.2, 0.25) is 5.02 Å². The van der Waals surface area contributed by atoms with Crippen LogP contribution in [0.25, 0.3) is 11.1 Å². The summed E-state index contributed by atoms with van der Waals surface area (Å²) in [4.78, 5) is 0. The first kappa shape index (κ1) is 23.0. The van der Waals surface area contributed by atoms with Crippen LogP contribution in [0, 0.1) is 22.7 Å². The molecule has 170 valence electrons. The van der Waals surface area contributed by atoms with Gasteiger partial charge in [-0.05, 0) is 47.0 Å². The molecule has 1 unspecified atom stereocenters. The first-order chi connectivity index (χ1) is 16.5. The number of nitriles is 2. The van der Waals surface area contributed by atoms with Gasteiger partial charge in [-0.25, -0.2) is 0 Å². The zero-order chi connectivity index (χ0) is 24.5. The van der Waals surface area contributed by atoms with Crippen molar-refractivity contribution in [2.45, 2.75) is 5.41 Å². The molecule has 0 bridgehead atoms. The number of rotatable bonds is 6. The van der Waals surface area contributed by atoms with Crippen LogP contribution in [-0.4, -0.2) is 28.4 Å². The molecular weight excluding hydrogens is 452 g/mol. The number of hydrogen-bond acceptors (Lipinski definition) is 6. The van der Waals surface area contributed by atoms with Crippen molar-refractivity contribution in [2.75, 3.05) is 28.4 Å². The molecule has 0 heterocycles. The third kappa shape index (κ3) is 3.23. The summed E-state index contributed by atoms with van der Waals surface area (Å²) in [6, 6.07) is 20.7. The Hall–Kier alpha value is -4.13. The van der Waals surface area contributed by atoms with Gasteiger partial charge in [0, 0.05) is 16.2 Å². The maximum absolute atomic E-state index is 10.9. The third-order valence-corrected chi connectivity index (χ3v) is 6.39. The summed E-state index contributed by atoms with van der Waals surface area (Å²) < 4.78 is 22.0. The molecular formula is C27H21ClN2O4. The average molecular weight is 473 g/mol. The zero-order valence-electron chi connectivity index (χ0n) is 19.1. The average Bonchev–Trinajstić information content (AvgIpc) is 3.16. The molecule has 0 aromatic heterocycles. The summed E-state index contributed by atoms with van der Waals surface area (Å²) in [5, 5.41) is 21.6. The molecule has 0 saturated carbocycles. The first-order valence-corrected chi connectivity index (χ1v) is 10.7. The molecule has 0 radical (unpaired) electrons. The first-order valence-electron chi connectivity index (χ1n) is 10.3. The van der Waals surface area contributed by atoms with E-state index < -0.39 is 5.41 Å². The number of nitrogens with zero attached hydrogens (tertiary/aromatic N) is 2. The Kier molecular flexibility index (Phi) is 6.11. The standard InChI is InChI=1S/C27H21ClN2O4/c1-31-22-10-9-16(11-23(22)32-2)27(15-30)20-13-25(34-4)24(33-3)12-18(20)19(14-29)26(27)17-7-5-6-8-21(17)28/h5-13H,1-4H3. The minimum Gasteiger partial charge on any atom is -0.493 e. The monoisotopic (exact) mass is 472 g/mol. The van der Waals surface area contributed by atoms with Crippen LogP contribution in [0.4, 0.5) is 0 Å². The van der Waals surface area contributed by atoms with E-state index in [1.54, 1.807) is 49.6 Å². The van der Waals surface area contributed by atoms with Crippen LogP contribution < -0.4 is 18.9 Å². The molecule has 1 atom stereocenters. The number of benzene rings is 3. The van der Waals surface area contributed by atoms with Crippen LogP contribution in [0.5, 0.6) is 23.0 Å². The summed E-state index contributed by atoms with van der Waals surface area (Å²) in [7, 11) is 6.12. The predicted octanol–water partition coefficient (Wildman–Crippen LogP) is 5.63. The molecule has 0 spiro atoms. The second-order valence-corrected chi connectivity index (χ2v) is 7.93. The summed E-state index contributed by atoms with van der Waals surface area (Å²) in [5.74, 6) is 1.88. The molecule has 7 heteroatoms. The van der Waals surface area contributed by atoms with Crippen molar-refractivity contribution in [3.8, 4) is 35.1 Å². The minimum atomic E-state index is -1.38. The molecule has 0 amide bonds. The third-order valence-electron chi connectivity index (χ3n) is 6.06. The van der Waals surface area contributed by atoms with Crippen LogP contribution in [0.1, 0.15) is 22.3 Å². The molecule has 0 N–H and O–H groups in total. The largest absolute Gasteiger partial charge is 0.493 e.